The summed E-state index contributed by atoms with van der Waals surface area (Å²) in [5.41, 5.74) is 0.801. The SMILES string of the molecule is COC(=O)[C@]1(Sc2ccccc2)C[C@@H]2OC(=O)N[C@H]2[C@H]([C@H](OC(C)=O)[C@H]2COC(c3ccccc3)O2)O1. The fourth-order valence-electron chi connectivity index (χ4n) is 4.81. The third-order valence-electron chi connectivity index (χ3n) is 6.39. The van der Waals surface area contributed by atoms with Gasteiger partial charge in [0.2, 0.25) is 4.93 Å². The van der Waals surface area contributed by atoms with Crippen molar-refractivity contribution in [3.8, 4) is 0 Å². The standard InChI is InChI=1S/C26H27NO9S/c1-15(28)33-21(19-14-32-23(34-19)16-9-5-3-6-10-16)22-20-18(35-25(30)27-20)13-26(36-22,24(29)31-2)37-17-11-7-4-8-12-17/h3-12,18-23H,13-14H2,1-2H3,(H,27,30)/t18-,19+,20+,21+,22+,23?,26+/m0/s1. The van der Waals surface area contributed by atoms with Gasteiger partial charge in [0.1, 0.15) is 18.3 Å². The Morgan fingerprint density at radius 3 is 2.49 bits per heavy atom. The molecular formula is C26H27NO9S. The van der Waals surface area contributed by atoms with E-state index in [-0.39, 0.29) is 13.0 Å². The van der Waals surface area contributed by atoms with Gasteiger partial charge in [0.05, 0.1) is 19.8 Å². The van der Waals surface area contributed by atoms with E-state index in [0.29, 0.717) is 0 Å². The Morgan fingerprint density at radius 1 is 1.11 bits per heavy atom. The molecule has 0 bridgehead atoms. The Labute approximate surface area is 217 Å². The normalized spacial score (nSPS) is 31.5. The van der Waals surface area contributed by atoms with E-state index in [1.807, 2.05) is 60.7 Å². The fraction of sp³-hybridized carbons (Fsp3) is 0.423. The van der Waals surface area contributed by atoms with Gasteiger partial charge in [-0.3, -0.25) is 4.79 Å². The number of hydrogen-bond donors (Lipinski definition) is 1. The van der Waals surface area contributed by atoms with Crippen LogP contribution in [0.4, 0.5) is 4.79 Å². The molecule has 1 unspecified atom stereocenters. The average molecular weight is 530 g/mol. The Morgan fingerprint density at radius 2 is 1.81 bits per heavy atom. The predicted molar refractivity (Wildman–Crippen MR) is 129 cm³/mol. The number of hydrogen-bond acceptors (Lipinski definition) is 10. The van der Waals surface area contributed by atoms with Gasteiger partial charge in [0.25, 0.3) is 0 Å². The first kappa shape index (κ1) is 25.5. The Hall–Kier alpha value is -3.12. The molecule has 11 heteroatoms. The summed E-state index contributed by atoms with van der Waals surface area (Å²) in [6, 6.07) is 17.8. The smallest absolute Gasteiger partial charge is 0.407 e. The molecule has 7 atom stereocenters. The molecule has 1 N–H and O–H groups in total. The van der Waals surface area contributed by atoms with Crippen molar-refractivity contribution in [2.24, 2.45) is 0 Å². The lowest BCUT2D eigenvalue weighted by Crippen LogP contribution is -2.64. The van der Waals surface area contributed by atoms with Crippen molar-refractivity contribution < 1.29 is 42.8 Å². The maximum atomic E-state index is 13.2. The molecule has 2 aromatic carbocycles. The maximum absolute atomic E-state index is 13.2. The first-order valence-electron chi connectivity index (χ1n) is 11.9. The van der Waals surface area contributed by atoms with Gasteiger partial charge in [0, 0.05) is 23.8 Å². The van der Waals surface area contributed by atoms with Crippen LogP contribution in [0.1, 0.15) is 25.2 Å². The molecule has 10 nitrogen and oxygen atoms in total. The van der Waals surface area contributed by atoms with Crippen molar-refractivity contribution in [3.05, 3.63) is 66.2 Å². The third kappa shape index (κ3) is 5.30. The zero-order valence-electron chi connectivity index (χ0n) is 20.2. The number of benzene rings is 2. The number of rotatable bonds is 7. The average Bonchev–Trinajstić information content (AvgIpc) is 3.54. The summed E-state index contributed by atoms with van der Waals surface area (Å²) < 4.78 is 34.9. The van der Waals surface area contributed by atoms with E-state index in [9.17, 15) is 14.4 Å². The highest BCUT2D eigenvalue weighted by molar-refractivity contribution is 8.01. The molecule has 3 aliphatic heterocycles. The molecule has 3 heterocycles. The summed E-state index contributed by atoms with van der Waals surface area (Å²) in [5, 5.41) is 2.75. The summed E-state index contributed by atoms with van der Waals surface area (Å²) >= 11 is 1.15. The molecule has 196 valence electrons. The van der Waals surface area contributed by atoms with Gasteiger partial charge >= 0.3 is 18.0 Å². The van der Waals surface area contributed by atoms with Crippen molar-refractivity contribution in [1.82, 2.24) is 5.32 Å². The number of amides is 1. The summed E-state index contributed by atoms with van der Waals surface area (Å²) in [7, 11) is 1.26. The van der Waals surface area contributed by atoms with Crippen LogP contribution < -0.4 is 5.32 Å². The molecule has 5 rings (SSSR count). The number of nitrogens with one attached hydrogen (secondary N) is 1. The van der Waals surface area contributed by atoms with E-state index in [0.717, 1.165) is 22.2 Å². The van der Waals surface area contributed by atoms with Crippen LogP contribution >= 0.6 is 11.8 Å². The second-order valence-corrected chi connectivity index (χ2v) is 10.2. The summed E-state index contributed by atoms with van der Waals surface area (Å²) in [6.07, 6.45) is -4.82. The number of carbonyl (C=O) groups is 3. The molecule has 37 heavy (non-hydrogen) atoms. The lowest BCUT2D eigenvalue weighted by atomic mass is 9.90. The van der Waals surface area contributed by atoms with Crippen molar-refractivity contribution >= 4 is 29.8 Å². The number of fused-ring (bicyclic) bond motifs is 1. The van der Waals surface area contributed by atoms with Crippen LogP contribution in [0.15, 0.2) is 65.6 Å². The topological polar surface area (TPSA) is 119 Å². The molecule has 3 fully saturated rings. The number of methoxy groups -OCH3 is 1. The third-order valence-corrected chi connectivity index (χ3v) is 7.66. The zero-order valence-corrected chi connectivity index (χ0v) is 21.1. The van der Waals surface area contributed by atoms with Crippen molar-refractivity contribution in [1.29, 1.82) is 0 Å². The maximum Gasteiger partial charge on any atom is 0.407 e. The molecule has 1 amide bonds. The summed E-state index contributed by atoms with van der Waals surface area (Å²) in [6.45, 7) is 1.37. The van der Waals surface area contributed by atoms with Crippen LogP contribution in [0.5, 0.6) is 0 Å². The minimum absolute atomic E-state index is 0.0284. The lowest BCUT2D eigenvalue weighted by molar-refractivity contribution is -0.209. The number of ether oxygens (including phenoxy) is 6. The van der Waals surface area contributed by atoms with Gasteiger partial charge in [-0.15, -0.1) is 0 Å². The molecular weight excluding hydrogens is 502 g/mol. The Bertz CT molecular complexity index is 1130. The van der Waals surface area contributed by atoms with Gasteiger partial charge in [-0.1, -0.05) is 60.3 Å². The van der Waals surface area contributed by atoms with Crippen LogP contribution in [0.3, 0.4) is 0 Å². The zero-order chi connectivity index (χ0) is 26.0. The van der Waals surface area contributed by atoms with Crippen LogP contribution in [0, 0.1) is 0 Å². The second kappa shape index (κ2) is 10.7. The van der Waals surface area contributed by atoms with E-state index in [1.165, 1.54) is 14.0 Å². The van der Waals surface area contributed by atoms with Crippen LogP contribution in [0.25, 0.3) is 0 Å². The van der Waals surface area contributed by atoms with Gasteiger partial charge in [-0.25, -0.2) is 9.59 Å². The van der Waals surface area contributed by atoms with E-state index < -0.39 is 59.7 Å². The molecule has 3 saturated heterocycles. The summed E-state index contributed by atoms with van der Waals surface area (Å²) in [4.78, 5) is 36.9. The lowest BCUT2D eigenvalue weighted by Gasteiger charge is -2.45. The van der Waals surface area contributed by atoms with Crippen LogP contribution in [-0.2, 0) is 38.0 Å². The highest BCUT2D eigenvalue weighted by Gasteiger charge is 2.61. The Balaban J connectivity index is 1.49. The van der Waals surface area contributed by atoms with E-state index in [1.54, 1.807) is 0 Å². The van der Waals surface area contributed by atoms with Crippen LogP contribution in [-0.4, -0.2) is 67.1 Å². The first-order valence-corrected chi connectivity index (χ1v) is 12.7. The van der Waals surface area contributed by atoms with Gasteiger partial charge in [0.15, 0.2) is 12.4 Å². The van der Waals surface area contributed by atoms with E-state index in [2.05, 4.69) is 5.32 Å². The monoisotopic (exact) mass is 529 g/mol. The molecule has 2 aromatic rings. The molecule has 0 aromatic heterocycles. The molecule has 0 spiro atoms. The number of alkyl carbamates (subject to hydrolysis) is 1. The van der Waals surface area contributed by atoms with Gasteiger partial charge in [-0.05, 0) is 12.1 Å². The minimum Gasteiger partial charge on any atom is -0.466 e. The largest absolute Gasteiger partial charge is 0.466 e. The molecule has 0 saturated carbocycles. The van der Waals surface area contributed by atoms with Crippen molar-refractivity contribution in [2.75, 3.05) is 13.7 Å². The minimum atomic E-state index is -1.58. The first-order chi connectivity index (χ1) is 17.9. The molecule has 3 aliphatic rings. The molecule has 0 aliphatic carbocycles. The highest BCUT2D eigenvalue weighted by atomic mass is 32.2. The fourth-order valence-corrected chi connectivity index (χ4v) is 6.06. The summed E-state index contributed by atoms with van der Waals surface area (Å²) in [5.74, 6) is -1.23. The van der Waals surface area contributed by atoms with Crippen molar-refractivity contribution in [2.45, 2.75) is 59.9 Å². The van der Waals surface area contributed by atoms with E-state index >= 15 is 0 Å². The van der Waals surface area contributed by atoms with Crippen LogP contribution in [0.2, 0.25) is 0 Å². The second-order valence-electron chi connectivity index (χ2n) is 8.88. The van der Waals surface area contributed by atoms with Gasteiger partial charge in [-0.2, -0.15) is 0 Å². The highest BCUT2D eigenvalue weighted by Crippen LogP contribution is 2.47. The quantitative estimate of drug-likeness (QED) is 0.424. The number of thioether (sulfide) groups is 1. The Kier molecular flexibility index (Phi) is 7.38. The molecule has 0 radical (unpaired) electrons. The predicted octanol–water partition coefficient (Wildman–Crippen LogP) is 2.96. The van der Waals surface area contributed by atoms with E-state index in [4.69, 9.17) is 28.4 Å². The van der Waals surface area contributed by atoms with Gasteiger partial charge < -0.3 is 33.7 Å². The van der Waals surface area contributed by atoms with Crippen molar-refractivity contribution in [3.63, 3.8) is 0 Å². The number of esters is 2. The number of carbonyl (C=O) groups excluding carboxylic acids is 3.